The van der Waals surface area contributed by atoms with E-state index in [9.17, 15) is 4.79 Å². The monoisotopic (exact) mass is 259 g/mol. The highest BCUT2D eigenvalue weighted by molar-refractivity contribution is 9.13. The van der Waals surface area contributed by atoms with Crippen LogP contribution in [0.1, 0.15) is 0 Å². The van der Waals surface area contributed by atoms with Crippen molar-refractivity contribution in [3.05, 3.63) is 0 Å². The highest BCUT2D eigenvalue weighted by Gasteiger charge is 2.31. The quantitative estimate of drug-likeness (QED) is 0.525. The first kappa shape index (κ1) is 6.89. The van der Waals surface area contributed by atoms with Gasteiger partial charge in [-0.3, -0.25) is 9.52 Å². The van der Waals surface area contributed by atoms with Crippen molar-refractivity contribution >= 4 is 49.7 Å². The summed E-state index contributed by atoms with van der Waals surface area (Å²) in [5.41, 5.74) is 0. The normalized spacial score (nSPS) is 37.5. The third-order valence-electron chi connectivity index (χ3n) is 0.753. The van der Waals surface area contributed by atoms with Crippen molar-refractivity contribution in [1.82, 2.24) is 4.72 Å². The molecule has 1 N–H and O–H groups in total. The summed E-state index contributed by atoms with van der Waals surface area (Å²) in [6, 6.07) is 0. The van der Waals surface area contributed by atoms with Crippen LogP contribution in [0.2, 0.25) is 0 Å². The lowest BCUT2D eigenvalue weighted by Crippen LogP contribution is -2.18. The van der Waals surface area contributed by atoms with Crippen molar-refractivity contribution in [2.75, 3.05) is 0 Å². The summed E-state index contributed by atoms with van der Waals surface area (Å²) >= 11 is 7.85. The SMILES string of the molecule is O=C1NSC(Br)C1Br. The number of halogens is 2. The summed E-state index contributed by atoms with van der Waals surface area (Å²) in [6.45, 7) is 0. The van der Waals surface area contributed by atoms with Crippen LogP contribution in [0, 0.1) is 0 Å². The van der Waals surface area contributed by atoms with E-state index in [0.29, 0.717) is 0 Å². The smallest absolute Gasteiger partial charge is 0.245 e. The number of carbonyl (C=O) groups is 1. The van der Waals surface area contributed by atoms with E-state index in [0.717, 1.165) is 0 Å². The van der Waals surface area contributed by atoms with Crippen molar-refractivity contribution in [1.29, 1.82) is 0 Å². The first-order chi connectivity index (χ1) is 3.72. The fourth-order valence-electron chi connectivity index (χ4n) is 0.349. The molecule has 1 rings (SSSR count). The lowest BCUT2D eigenvalue weighted by atomic mass is 10.5. The molecule has 0 saturated carbocycles. The Labute approximate surface area is 68.2 Å². The van der Waals surface area contributed by atoms with E-state index >= 15 is 0 Å². The van der Waals surface area contributed by atoms with Crippen molar-refractivity contribution in [3.63, 3.8) is 0 Å². The van der Waals surface area contributed by atoms with Gasteiger partial charge < -0.3 is 0 Å². The third-order valence-corrected chi connectivity index (χ3v) is 4.66. The number of amides is 1. The molecular formula is C3H3Br2NOS. The van der Waals surface area contributed by atoms with Crippen molar-refractivity contribution < 1.29 is 4.79 Å². The van der Waals surface area contributed by atoms with Gasteiger partial charge in [0, 0.05) is 0 Å². The molecule has 0 aromatic carbocycles. The summed E-state index contributed by atoms with van der Waals surface area (Å²) < 4.78 is 2.78. The van der Waals surface area contributed by atoms with Crippen LogP contribution in [-0.2, 0) is 4.79 Å². The predicted octanol–water partition coefficient (Wildman–Crippen LogP) is 1.25. The lowest BCUT2D eigenvalue weighted by Gasteiger charge is -1.95. The largest absolute Gasteiger partial charge is 0.298 e. The number of carbonyl (C=O) groups excluding carboxylic acids is 1. The topological polar surface area (TPSA) is 29.1 Å². The molecule has 1 fully saturated rings. The number of alkyl halides is 2. The first-order valence-corrected chi connectivity index (χ1v) is 4.66. The Kier molecular flexibility index (Phi) is 2.22. The molecule has 0 aliphatic carbocycles. The van der Waals surface area contributed by atoms with Crippen LogP contribution >= 0.6 is 43.8 Å². The maximum absolute atomic E-state index is 10.6. The van der Waals surface area contributed by atoms with Gasteiger partial charge in [0.2, 0.25) is 5.91 Å². The molecule has 0 aromatic rings. The average Bonchev–Trinajstić information content (AvgIpc) is 1.98. The number of nitrogens with one attached hydrogen (secondary N) is 1. The van der Waals surface area contributed by atoms with Crippen molar-refractivity contribution in [2.24, 2.45) is 0 Å². The fraction of sp³-hybridized carbons (Fsp3) is 0.667. The second-order valence-corrected chi connectivity index (χ2v) is 4.86. The Morgan fingerprint density at radius 3 is 2.38 bits per heavy atom. The minimum atomic E-state index is -0.0764. The minimum absolute atomic E-state index is 0.0388. The van der Waals surface area contributed by atoms with Gasteiger partial charge in [-0.1, -0.05) is 31.9 Å². The van der Waals surface area contributed by atoms with E-state index in [4.69, 9.17) is 0 Å². The van der Waals surface area contributed by atoms with E-state index in [1.54, 1.807) is 0 Å². The Hall–Kier alpha value is 0.780. The number of hydrogen-bond donors (Lipinski definition) is 1. The Bertz CT molecular complexity index is 120. The van der Waals surface area contributed by atoms with Crippen molar-refractivity contribution in [2.45, 2.75) is 8.99 Å². The molecule has 2 nitrogen and oxygen atoms in total. The van der Waals surface area contributed by atoms with Crippen LogP contribution in [0.5, 0.6) is 0 Å². The molecule has 2 unspecified atom stereocenters. The van der Waals surface area contributed by atoms with E-state index in [1.807, 2.05) is 0 Å². The molecule has 1 aliphatic heterocycles. The molecule has 0 bridgehead atoms. The Morgan fingerprint density at radius 1 is 1.62 bits per heavy atom. The Morgan fingerprint density at radius 2 is 2.25 bits per heavy atom. The second-order valence-electron chi connectivity index (χ2n) is 1.34. The Balaban J connectivity index is 2.56. The number of rotatable bonds is 0. The molecule has 0 spiro atoms. The van der Waals surface area contributed by atoms with Crippen molar-refractivity contribution in [3.8, 4) is 0 Å². The van der Waals surface area contributed by atoms with Gasteiger partial charge >= 0.3 is 0 Å². The molecule has 0 aromatic heterocycles. The van der Waals surface area contributed by atoms with Gasteiger partial charge in [0.15, 0.2) is 0 Å². The molecule has 0 radical (unpaired) electrons. The molecule has 46 valence electrons. The summed E-state index contributed by atoms with van der Waals surface area (Å²) in [5.74, 6) is 0.0388. The molecule has 1 heterocycles. The van der Waals surface area contributed by atoms with E-state index < -0.39 is 0 Å². The maximum Gasteiger partial charge on any atom is 0.245 e. The fourth-order valence-corrected chi connectivity index (χ4v) is 2.06. The van der Waals surface area contributed by atoms with Gasteiger partial charge in [-0.05, 0) is 11.9 Å². The third kappa shape index (κ3) is 1.19. The molecule has 1 saturated heterocycles. The zero-order valence-electron chi connectivity index (χ0n) is 3.73. The predicted molar refractivity (Wildman–Crippen MR) is 41.2 cm³/mol. The summed E-state index contributed by atoms with van der Waals surface area (Å²) in [6.07, 6.45) is 0. The lowest BCUT2D eigenvalue weighted by molar-refractivity contribution is -0.117. The van der Waals surface area contributed by atoms with Gasteiger partial charge in [-0.2, -0.15) is 0 Å². The highest BCUT2D eigenvalue weighted by atomic mass is 79.9. The van der Waals surface area contributed by atoms with E-state index in [2.05, 4.69) is 36.6 Å². The van der Waals surface area contributed by atoms with Gasteiger partial charge in [0.05, 0.1) is 0 Å². The van der Waals surface area contributed by atoms with E-state index in [-0.39, 0.29) is 14.9 Å². The zero-order chi connectivity index (χ0) is 6.15. The summed E-state index contributed by atoms with van der Waals surface area (Å²) in [5, 5.41) is 0. The summed E-state index contributed by atoms with van der Waals surface area (Å²) in [4.78, 5) is 10.5. The highest BCUT2D eigenvalue weighted by Crippen LogP contribution is 2.29. The molecule has 5 heteroatoms. The van der Waals surface area contributed by atoms with Gasteiger partial charge in [0.25, 0.3) is 0 Å². The van der Waals surface area contributed by atoms with Crippen LogP contribution < -0.4 is 4.72 Å². The van der Waals surface area contributed by atoms with Crippen LogP contribution in [-0.4, -0.2) is 14.9 Å². The molecule has 2 atom stereocenters. The van der Waals surface area contributed by atoms with Gasteiger partial charge in [-0.15, -0.1) is 0 Å². The average molecular weight is 261 g/mol. The molecule has 1 amide bonds. The summed E-state index contributed by atoms with van der Waals surface area (Å²) in [7, 11) is 0. The molecule has 1 aliphatic rings. The zero-order valence-corrected chi connectivity index (χ0v) is 7.72. The van der Waals surface area contributed by atoms with Crippen LogP contribution in [0.25, 0.3) is 0 Å². The second kappa shape index (κ2) is 2.58. The van der Waals surface area contributed by atoms with Gasteiger partial charge in [-0.25, -0.2) is 0 Å². The van der Waals surface area contributed by atoms with Crippen LogP contribution in [0.4, 0.5) is 0 Å². The standard InChI is InChI=1S/C3H3Br2NOS/c4-1-2(5)8-6-3(1)7/h1-2H,(H,6,7). The first-order valence-electron chi connectivity index (χ1n) is 1.95. The van der Waals surface area contributed by atoms with Crippen LogP contribution in [0.15, 0.2) is 0 Å². The van der Waals surface area contributed by atoms with Gasteiger partial charge in [0.1, 0.15) is 8.99 Å². The maximum atomic E-state index is 10.6. The minimum Gasteiger partial charge on any atom is -0.298 e. The van der Waals surface area contributed by atoms with Crippen LogP contribution in [0.3, 0.4) is 0 Å². The van der Waals surface area contributed by atoms with E-state index in [1.165, 1.54) is 11.9 Å². The number of hydrogen-bond acceptors (Lipinski definition) is 2. The molecular weight excluding hydrogens is 258 g/mol. The molecule has 8 heavy (non-hydrogen) atoms.